The third-order valence-electron chi connectivity index (χ3n) is 3.50. The van der Waals surface area contributed by atoms with E-state index < -0.39 is 23.6 Å². The quantitative estimate of drug-likeness (QED) is 0.668. The second-order valence-electron chi connectivity index (χ2n) is 5.56. The van der Waals surface area contributed by atoms with E-state index in [0.29, 0.717) is 21.9 Å². The van der Waals surface area contributed by atoms with Crippen molar-refractivity contribution in [3.05, 3.63) is 47.8 Å². The van der Waals surface area contributed by atoms with Gasteiger partial charge in [-0.25, -0.2) is 4.98 Å². The number of nitrogens with one attached hydrogen (secondary N) is 1. The fourth-order valence-electron chi connectivity index (χ4n) is 2.25. The Kier molecular flexibility index (Phi) is 8.75. The molecule has 0 amide bonds. The van der Waals surface area contributed by atoms with Gasteiger partial charge in [-0.05, 0) is 25.1 Å². The SMILES string of the molecule is CC#N.Cc1c(OCC(F)(F)F)ccnc1CS(=O)c1nc2ccccc2[nH]1.O. The lowest BCUT2D eigenvalue weighted by atomic mass is 10.2. The number of benzene rings is 1. The summed E-state index contributed by atoms with van der Waals surface area (Å²) < 4.78 is 54.2. The average molecular weight is 428 g/mol. The van der Waals surface area contributed by atoms with Gasteiger partial charge in [0.05, 0.1) is 39.3 Å². The number of nitriles is 1. The molecule has 0 aliphatic carbocycles. The predicted octanol–water partition coefficient (Wildman–Crippen LogP) is 3.22. The number of ether oxygens (including phenoxy) is 1. The first kappa shape index (κ1) is 24.1. The third-order valence-corrected chi connectivity index (χ3v) is 4.66. The number of aromatic amines is 1. The van der Waals surface area contributed by atoms with Crippen LogP contribution in [0.1, 0.15) is 18.2 Å². The number of rotatable bonds is 5. The number of alkyl halides is 3. The highest BCUT2D eigenvalue weighted by atomic mass is 32.2. The van der Waals surface area contributed by atoms with Crippen molar-refractivity contribution in [1.29, 1.82) is 5.26 Å². The number of aromatic nitrogens is 3. The molecule has 0 aliphatic heterocycles. The van der Waals surface area contributed by atoms with Crippen LogP contribution in [-0.4, -0.2) is 37.4 Å². The fourth-order valence-corrected chi connectivity index (χ4v) is 3.35. The maximum Gasteiger partial charge on any atom is 0.422 e. The number of pyridine rings is 1. The second kappa shape index (κ2) is 10.5. The largest absolute Gasteiger partial charge is 0.484 e. The number of imidazole rings is 1. The van der Waals surface area contributed by atoms with E-state index >= 15 is 0 Å². The average Bonchev–Trinajstić information content (AvgIpc) is 3.07. The van der Waals surface area contributed by atoms with Crippen LogP contribution in [0.2, 0.25) is 0 Å². The molecule has 0 saturated heterocycles. The van der Waals surface area contributed by atoms with Crippen LogP contribution in [0.4, 0.5) is 13.2 Å². The van der Waals surface area contributed by atoms with Crippen LogP contribution in [-0.2, 0) is 16.6 Å². The molecule has 1 atom stereocenters. The Bertz CT molecular complexity index is 982. The molecule has 2 aromatic heterocycles. The lowest BCUT2D eigenvalue weighted by Gasteiger charge is -2.13. The molecule has 3 rings (SSSR count). The predicted molar refractivity (Wildman–Crippen MR) is 102 cm³/mol. The summed E-state index contributed by atoms with van der Waals surface area (Å²) in [5.41, 5.74) is 2.28. The first-order valence-electron chi connectivity index (χ1n) is 8.03. The van der Waals surface area contributed by atoms with E-state index in [2.05, 4.69) is 15.0 Å². The number of hydrogen-bond acceptors (Lipinski definition) is 5. The van der Waals surface area contributed by atoms with Gasteiger partial charge in [0.15, 0.2) is 11.8 Å². The Morgan fingerprint density at radius 2 is 1.93 bits per heavy atom. The van der Waals surface area contributed by atoms with E-state index in [1.165, 1.54) is 19.2 Å². The van der Waals surface area contributed by atoms with Crippen LogP contribution in [0, 0.1) is 18.3 Å². The molecule has 0 fully saturated rings. The van der Waals surface area contributed by atoms with E-state index in [1.54, 1.807) is 19.1 Å². The van der Waals surface area contributed by atoms with Crippen molar-refractivity contribution in [2.75, 3.05) is 6.61 Å². The summed E-state index contributed by atoms with van der Waals surface area (Å²) in [6.45, 7) is 1.63. The van der Waals surface area contributed by atoms with Crippen LogP contribution in [0.25, 0.3) is 11.0 Å². The van der Waals surface area contributed by atoms with E-state index in [-0.39, 0.29) is 17.0 Å². The summed E-state index contributed by atoms with van der Waals surface area (Å²) >= 11 is 0. The van der Waals surface area contributed by atoms with Gasteiger partial charge in [0.1, 0.15) is 5.75 Å². The zero-order chi connectivity index (χ0) is 20.7. The van der Waals surface area contributed by atoms with E-state index in [0.717, 1.165) is 5.52 Å². The molecule has 29 heavy (non-hydrogen) atoms. The van der Waals surface area contributed by atoms with Crippen LogP contribution in [0.15, 0.2) is 41.7 Å². The van der Waals surface area contributed by atoms with Gasteiger partial charge < -0.3 is 15.2 Å². The van der Waals surface area contributed by atoms with Crippen LogP contribution >= 0.6 is 0 Å². The minimum absolute atomic E-state index is 0. The fraction of sp³-hybridized carbons (Fsp3) is 0.278. The molecular weight excluding hydrogens is 409 g/mol. The number of nitrogens with zero attached hydrogens (tertiary/aromatic N) is 3. The Hall–Kier alpha value is -2.97. The number of hydrogen-bond donors (Lipinski definition) is 1. The first-order chi connectivity index (χ1) is 13.2. The zero-order valence-corrected chi connectivity index (χ0v) is 16.4. The molecule has 0 radical (unpaired) electrons. The van der Waals surface area contributed by atoms with Crippen molar-refractivity contribution in [2.45, 2.75) is 30.9 Å². The molecule has 0 saturated carbocycles. The van der Waals surface area contributed by atoms with Gasteiger partial charge in [0.2, 0.25) is 0 Å². The second-order valence-corrected chi connectivity index (χ2v) is 6.92. The lowest BCUT2D eigenvalue weighted by molar-refractivity contribution is -0.153. The van der Waals surface area contributed by atoms with Crippen LogP contribution in [0.5, 0.6) is 5.75 Å². The third kappa shape index (κ3) is 6.85. The summed E-state index contributed by atoms with van der Waals surface area (Å²) in [4.78, 5) is 11.3. The van der Waals surface area contributed by atoms with E-state index in [4.69, 9.17) is 10.00 Å². The summed E-state index contributed by atoms with van der Waals surface area (Å²) in [5.74, 6) is 0.0958. The summed E-state index contributed by atoms with van der Waals surface area (Å²) in [6, 6.07) is 10.4. The topological polar surface area (TPSA) is 123 Å². The molecule has 1 unspecified atom stereocenters. The van der Waals surface area contributed by atoms with Crippen LogP contribution < -0.4 is 4.74 Å². The lowest BCUT2D eigenvalue weighted by Crippen LogP contribution is -2.19. The van der Waals surface area contributed by atoms with Gasteiger partial charge in [0, 0.05) is 18.7 Å². The molecule has 156 valence electrons. The van der Waals surface area contributed by atoms with Gasteiger partial charge in [-0.15, -0.1) is 0 Å². The highest BCUT2D eigenvalue weighted by molar-refractivity contribution is 7.84. The monoisotopic (exact) mass is 428 g/mol. The number of para-hydroxylation sites is 2. The van der Waals surface area contributed by atoms with Crippen molar-refractivity contribution in [1.82, 2.24) is 15.0 Å². The maximum absolute atomic E-state index is 12.5. The highest BCUT2D eigenvalue weighted by Crippen LogP contribution is 2.24. The standard InChI is InChI=1S/C16H14F3N3O2S.C2H3N.H2O/c1-10-13(20-7-6-14(10)24-9-16(17,18)19)8-25(23)15-21-11-4-2-3-5-12(11)22-15;1-2-3;/h2-7H,8-9H2,1H3,(H,21,22);1H3;1H2. The van der Waals surface area contributed by atoms with Gasteiger partial charge in [-0.3, -0.25) is 9.19 Å². The molecule has 0 bridgehead atoms. The normalized spacial score (nSPS) is 11.6. The smallest absolute Gasteiger partial charge is 0.422 e. The van der Waals surface area contributed by atoms with E-state index in [9.17, 15) is 17.4 Å². The molecule has 1 aromatic carbocycles. The van der Waals surface area contributed by atoms with E-state index in [1.807, 2.05) is 18.2 Å². The molecule has 0 spiro atoms. The number of halogens is 3. The minimum atomic E-state index is -4.42. The van der Waals surface area contributed by atoms with Crippen molar-refractivity contribution in [3.63, 3.8) is 0 Å². The summed E-state index contributed by atoms with van der Waals surface area (Å²) in [6.07, 6.45) is -3.09. The Morgan fingerprint density at radius 1 is 1.28 bits per heavy atom. The Morgan fingerprint density at radius 3 is 2.55 bits per heavy atom. The van der Waals surface area contributed by atoms with Crippen molar-refractivity contribution in [3.8, 4) is 11.8 Å². The van der Waals surface area contributed by atoms with Crippen molar-refractivity contribution >= 4 is 21.8 Å². The summed E-state index contributed by atoms with van der Waals surface area (Å²) in [5, 5.41) is 7.61. The van der Waals surface area contributed by atoms with Gasteiger partial charge in [0.25, 0.3) is 0 Å². The van der Waals surface area contributed by atoms with Crippen molar-refractivity contribution < 1.29 is 27.6 Å². The Labute approximate surface area is 167 Å². The first-order valence-corrected chi connectivity index (χ1v) is 9.35. The number of fused-ring (bicyclic) bond motifs is 1. The van der Waals surface area contributed by atoms with Crippen molar-refractivity contribution in [2.24, 2.45) is 0 Å². The molecule has 3 aromatic rings. The van der Waals surface area contributed by atoms with Gasteiger partial charge >= 0.3 is 6.18 Å². The van der Waals surface area contributed by atoms with Crippen LogP contribution in [0.3, 0.4) is 0 Å². The zero-order valence-electron chi connectivity index (χ0n) is 15.6. The highest BCUT2D eigenvalue weighted by Gasteiger charge is 2.29. The molecule has 2 heterocycles. The van der Waals surface area contributed by atoms with Gasteiger partial charge in [-0.1, -0.05) is 12.1 Å². The molecular formula is C18H19F3N4O3S. The molecule has 7 nitrogen and oxygen atoms in total. The Balaban J connectivity index is 0.000000990. The van der Waals surface area contributed by atoms with Gasteiger partial charge in [-0.2, -0.15) is 18.4 Å². The molecule has 11 heteroatoms. The maximum atomic E-state index is 12.5. The molecule has 3 N–H and O–H groups in total. The number of H-pyrrole nitrogens is 1. The molecule has 0 aliphatic rings. The minimum Gasteiger partial charge on any atom is -0.484 e. The summed E-state index contributed by atoms with van der Waals surface area (Å²) in [7, 11) is -1.51.